The number of unbranched alkanes of at least 4 members (excludes halogenated alkanes) is 1. The lowest BCUT2D eigenvalue weighted by Crippen LogP contribution is -2.43. The van der Waals surface area contributed by atoms with Gasteiger partial charge in [-0.1, -0.05) is 41.0 Å². The van der Waals surface area contributed by atoms with Gasteiger partial charge in [0, 0.05) is 30.7 Å². The number of hydrogen-bond acceptors (Lipinski definition) is 4. The lowest BCUT2D eigenvalue weighted by molar-refractivity contribution is -0.123. The van der Waals surface area contributed by atoms with Crippen LogP contribution in [0.15, 0.2) is 0 Å². The van der Waals surface area contributed by atoms with Gasteiger partial charge in [0.1, 0.15) is 0 Å². The summed E-state index contributed by atoms with van der Waals surface area (Å²) < 4.78 is 11.4. The molecule has 0 aliphatic heterocycles. The summed E-state index contributed by atoms with van der Waals surface area (Å²) in [5.74, 6) is 0.0594. The average molecular weight is 443 g/mol. The van der Waals surface area contributed by atoms with Gasteiger partial charge in [-0.05, 0) is 77.7 Å². The number of carbonyl (C=O) groups excluding carboxylic acids is 1. The highest BCUT2D eigenvalue weighted by Crippen LogP contribution is 2.33. The Hall–Kier alpha value is -0.650. The van der Waals surface area contributed by atoms with Crippen molar-refractivity contribution in [3.63, 3.8) is 0 Å². The Labute approximate surface area is 193 Å². The van der Waals surface area contributed by atoms with Crippen molar-refractivity contribution >= 4 is 5.91 Å². The zero-order valence-corrected chi connectivity index (χ0v) is 22.5. The van der Waals surface area contributed by atoms with Crippen LogP contribution in [0, 0.1) is 10.8 Å². The van der Waals surface area contributed by atoms with E-state index in [1.54, 1.807) is 0 Å². The van der Waals surface area contributed by atoms with Crippen LogP contribution in [0.25, 0.3) is 0 Å². The van der Waals surface area contributed by atoms with Gasteiger partial charge in [0.15, 0.2) is 0 Å². The first-order chi connectivity index (χ1) is 14.0. The first-order valence-electron chi connectivity index (χ1n) is 12.2. The largest absolute Gasteiger partial charge is 0.381 e. The van der Waals surface area contributed by atoms with Gasteiger partial charge in [0.05, 0.1) is 13.2 Å². The topological polar surface area (TPSA) is 59.6 Å². The van der Waals surface area contributed by atoms with Crippen LogP contribution in [0.3, 0.4) is 0 Å². The van der Waals surface area contributed by atoms with Crippen LogP contribution in [0.2, 0.25) is 0 Å². The number of rotatable bonds is 16. The summed E-state index contributed by atoms with van der Waals surface area (Å²) in [7, 11) is 0. The summed E-state index contributed by atoms with van der Waals surface area (Å²) in [6, 6.07) is 0. The van der Waals surface area contributed by atoms with Gasteiger partial charge in [0.2, 0.25) is 5.91 Å². The van der Waals surface area contributed by atoms with E-state index in [2.05, 4.69) is 59.1 Å². The molecular weight excluding hydrogens is 388 g/mol. The summed E-state index contributed by atoms with van der Waals surface area (Å²) in [4.78, 5) is 11.8. The van der Waals surface area contributed by atoms with Crippen molar-refractivity contribution in [3.05, 3.63) is 0 Å². The zero-order chi connectivity index (χ0) is 24.2. The molecule has 5 nitrogen and oxygen atoms in total. The number of carbonyl (C=O) groups is 1. The fourth-order valence-electron chi connectivity index (χ4n) is 3.88. The lowest BCUT2D eigenvalue weighted by Gasteiger charge is -2.36. The summed E-state index contributed by atoms with van der Waals surface area (Å²) in [6.07, 6.45) is 5.99. The zero-order valence-electron chi connectivity index (χ0n) is 22.5. The smallest absolute Gasteiger partial charge is 0.222 e. The Morgan fingerprint density at radius 2 is 1.39 bits per heavy atom. The molecule has 0 aromatic rings. The number of amides is 1. The lowest BCUT2D eigenvalue weighted by atomic mass is 9.76. The Morgan fingerprint density at radius 3 is 1.97 bits per heavy atom. The van der Waals surface area contributed by atoms with Gasteiger partial charge in [0.25, 0.3) is 0 Å². The SMILES string of the molecule is CC(C)(C)COCCCNC(C)(C)CC(C)(C)CCCCOCCC(=O)NC(C)(C)C. The fraction of sp³-hybridized carbons (Fsp3) is 0.962. The van der Waals surface area contributed by atoms with Gasteiger partial charge < -0.3 is 20.1 Å². The molecule has 0 bridgehead atoms. The Bertz CT molecular complexity index is 488. The number of hydrogen-bond donors (Lipinski definition) is 2. The highest BCUT2D eigenvalue weighted by atomic mass is 16.5. The van der Waals surface area contributed by atoms with Crippen molar-refractivity contribution in [2.24, 2.45) is 10.8 Å². The highest BCUT2D eigenvalue weighted by molar-refractivity contribution is 5.76. The predicted octanol–water partition coefficient (Wildman–Crippen LogP) is 5.72. The van der Waals surface area contributed by atoms with E-state index in [1.165, 1.54) is 6.42 Å². The van der Waals surface area contributed by atoms with Gasteiger partial charge >= 0.3 is 0 Å². The second kappa shape index (κ2) is 13.8. The van der Waals surface area contributed by atoms with Crippen molar-refractivity contribution in [2.75, 3.05) is 33.0 Å². The van der Waals surface area contributed by atoms with Crippen LogP contribution in [0.4, 0.5) is 0 Å². The Kier molecular flexibility index (Phi) is 13.5. The Morgan fingerprint density at radius 1 is 0.774 bits per heavy atom. The number of nitrogens with one attached hydrogen (secondary N) is 2. The molecule has 1 amide bonds. The average Bonchev–Trinajstić information content (AvgIpc) is 2.53. The fourth-order valence-corrected chi connectivity index (χ4v) is 3.88. The van der Waals surface area contributed by atoms with Crippen LogP contribution in [0.5, 0.6) is 0 Å². The normalized spacial score (nSPS) is 13.5. The van der Waals surface area contributed by atoms with E-state index >= 15 is 0 Å². The maximum atomic E-state index is 11.8. The van der Waals surface area contributed by atoms with Crippen LogP contribution in [-0.4, -0.2) is 50.0 Å². The molecule has 0 aliphatic rings. The molecule has 186 valence electrons. The highest BCUT2D eigenvalue weighted by Gasteiger charge is 2.27. The molecule has 0 radical (unpaired) electrons. The first-order valence-corrected chi connectivity index (χ1v) is 12.2. The summed E-state index contributed by atoms with van der Waals surface area (Å²) in [5.41, 5.74) is 0.463. The maximum Gasteiger partial charge on any atom is 0.222 e. The van der Waals surface area contributed by atoms with E-state index in [9.17, 15) is 4.79 Å². The molecule has 0 fully saturated rings. The quantitative estimate of drug-likeness (QED) is 0.300. The standard InChI is InChI=1S/C26H54N2O3/c1-23(2,3)21-31-18-13-16-27-26(9,10)20-25(7,8)15-11-12-17-30-19-14-22(29)28-24(4,5)6/h27H,11-21H2,1-10H3,(H,28,29). The molecule has 2 N–H and O–H groups in total. The molecular formula is C26H54N2O3. The van der Waals surface area contributed by atoms with E-state index in [-0.39, 0.29) is 27.8 Å². The minimum absolute atomic E-state index is 0.0594. The molecule has 0 unspecified atom stereocenters. The third kappa shape index (κ3) is 21.0. The summed E-state index contributed by atoms with van der Waals surface area (Å²) in [5, 5.41) is 6.68. The van der Waals surface area contributed by atoms with Crippen LogP contribution in [0.1, 0.15) is 108 Å². The maximum absolute atomic E-state index is 11.8. The van der Waals surface area contributed by atoms with Crippen molar-refractivity contribution < 1.29 is 14.3 Å². The third-order valence-corrected chi connectivity index (χ3v) is 4.90. The van der Waals surface area contributed by atoms with Gasteiger partial charge in [-0.3, -0.25) is 4.79 Å². The minimum Gasteiger partial charge on any atom is -0.381 e. The summed E-state index contributed by atoms with van der Waals surface area (Å²) >= 11 is 0. The molecule has 5 heteroatoms. The summed E-state index contributed by atoms with van der Waals surface area (Å²) in [6.45, 7) is 25.8. The van der Waals surface area contributed by atoms with Crippen molar-refractivity contribution in [1.29, 1.82) is 0 Å². The van der Waals surface area contributed by atoms with Crippen molar-refractivity contribution in [2.45, 2.75) is 119 Å². The van der Waals surface area contributed by atoms with Crippen LogP contribution in [-0.2, 0) is 14.3 Å². The monoisotopic (exact) mass is 442 g/mol. The molecule has 0 saturated carbocycles. The molecule has 0 spiro atoms. The van der Waals surface area contributed by atoms with Crippen molar-refractivity contribution in [3.8, 4) is 0 Å². The molecule has 0 rings (SSSR count). The molecule has 31 heavy (non-hydrogen) atoms. The molecule has 0 heterocycles. The van der Waals surface area contributed by atoms with Gasteiger partial charge in [-0.2, -0.15) is 0 Å². The second-order valence-corrected chi connectivity index (χ2v) is 12.7. The molecule has 0 aromatic carbocycles. The van der Waals surface area contributed by atoms with Crippen LogP contribution < -0.4 is 10.6 Å². The van der Waals surface area contributed by atoms with E-state index < -0.39 is 0 Å². The van der Waals surface area contributed by atoms with E-state index in [4.69, 9.17) is 9.47 Å². The second-order valence-electron chi connectivity index (χ2n) is 12.7. The molecule has 0 atom stereocenters. The third-order valence-electron chi connectivity index (χ3n) is 4.90. The first kappa shape index (κ1) is 30.4. The van der Waals surface area contributed by atoms with Crippen LogP contribution >= 0.6 is 0 Å². The predicted molar refractivity (Wildman–Crippen MR) is 133 cm³/mol. The molecule has 0 saturated heterocycles. The molecule has 0 aromatic heterocycles. The van der Waals surface area contributed by atoms with Crippen molar-refractivity contribution in [1.82, 2.24) is 10.6 Å². The van der Waals surface area contributed by atoms with Gasteiger partial charge in [-0.15, -0.1) is 0 Å². The minimum atomic E-state index is -0.175. The molecule has 0 aliphatic carbocycles. The Balaban J connectivity index is 3.89. The van der Waals surface area contributed by atoms with Gasteiger partial charge in [-0.25, -0.2) is 0 Å². The van der Waals surface area contributed by atoms with E-state index in [1.807, 2.05) is 20.8 Å². The number of ether oxygens (including phenoxy) is 2. The van der Waals surface area contributed by atoms with E-state index in [0.717, 1.165) is 52.0 Å². The van der Waals surface area contributed by atoms with E-state index in [0.29, 0.717) is 13.0 Å².